The molecule has 0 bridgehead atoms. The molecule has 4 atom stereocenters. The lowest BCUT2D eigenvalue weighted by atomic mass is 9.99. The predicted octanol–water partition coefficient (Wildman–Crippen LogP) is 10.0. The van der Waals surface area contributed by atoms with Crippen LogP contribution in [0.15, 0.2) is 24.3 Å². The number of hydrogen-bond acceptors (Lipinski definition) is 5. The zero-order chi connectivity index (χ0) is 34.6. The Hall–Kier alpha value is -1.21. The Labute approximate surface area is 291 Å². The van der Waals surface area contributed by atoms with Crippen LogP contribution >= 0.6 is 0 Å². The van der Waals surface area contributed by atoms with Crippen LogP contribution in [0.4, 0.5) is 0 Å². The van der Waals surface area contributed by atoms with Crippen LogP contribution in [-0.2, 0) is 4.79 Å². The molecule has 4 unspecified atom stereocenters. The van der Waals surface area contributed by atoms with E-state index >= 15 is 0 Å². The summed E-state index contributed by atoms with van der Waals surface area (Å²) in [4.78, 5) is 12.4. The van der Waals surface area contributed by atoms with Crippen molar-refractivity contribution in [2.75, 3.05) is 6.61 Å². The topological polar surface area (TPSA) is 110 Å². The molecule has 0 aliphatic heterocycles. The Morgan fingerprint density at radius 2 is 0.957 bits per heavy atom. The summed E-state index contributed by atoms with van der Waals surface area (Å²) in [5, 5.41) is 43.4. The smallest absolute Gasteiger partial charge is 0.249 e. The van der Waals surface area contributed by atoms with Crippen molar-refractivity contribution in [2.24, 2.45) is 0 Å². The molecule has 0 fully saturated rings. The van der Waals surface area contributed by atoms with Gasteiger partial charge < -0.3 is 25.7 Å². The highest BCUT2D eigenvalue weighted by molar-refractivity contribution is 5.81. The van der Waals surface area contributed by atoms with Crippen LogP contribution in [0, 0.1) is 0 Å². The van der Waals surface area contributed by atoms with Crippen molar-refractivity contribution in [1.29, 1.82) is 0 Å². The van der Waals surface area contributed by atoms with Gasteiger partial charge in [-0.15, -0.1) is 0 Å². The van der Waals surface area contributed by atoms with Gasteiger partial charge in [-0.05, 0) is 25.7 Å². The highest BCUT2D eigenvalue weighted by atomic mass is 16.3. The van der Waals surface area contributed by atoms with E-state index in [1.54, 1.807) is 6.08 Å². The summed E-state index contributed by atoms with van der Waals surface area (Å²) in [6, 6.07) is -1.01. The minimum absolute atomic E-state index is 0.160. The third kappa shape index (κ3) is 30.6. The first kappa shape index (κ1) is 45.8. The first-order chi connectivity index (χ1) is 23.0. The van der Waals surface area contributed by atoms with Crippen LogP contribution < -0.4 is 5.32 Å². The number of aliphatic hydroxyl groups excluding tert-OH is 4. The van der Waals surface area contributed by atoms with E-state index < -0.39 is 36.9 Å². The molecule has 278 valence electrons. The molecular weight excluding hydrogens is 586 g/mol. The molecule has 47 heavy (non-hydrogen) atoms. The Balaban J connectivity index is 3.80. The zero-order valence-corrected chi connectivity index (χ0v) is 31.0. The quantitative estimate of drug-likeness (QED) is 0.0338. The van der Waals surface area contributed by atoms with Gasteiger partial charge in [0.15, 0.2) is 0 Å². The number of hydrogen-bond donors (Lipinski definition) is 5. The molecule has 0 aromatic carbocycles. The van der Waals surface area contributed by atoms with Crippen LogP contribution in [0.3, 0.4) is 0 Å². The Bertz CT molecular complexity index is 712. The SMILES string of the molecule is CCCCCCCC/C=C\C/C=C\CC(O)C(=O)NC(CO)C(O)C(O)CCCCCCCCCCCCCCCCCCCCC. The summed E-state index contributed by atoms with van der Waals surface area (Å²) in [6.45, 7) is 4.00. The first-order valence-corrected chi connectivity index (χ1v) is 20.2. The van der Waals surface area contributed by atoms with Gasteiger partial charge in [-0.2, -0.15) is 0 Å². The largest absolute Gasteiger partial charge is 0.394 e. The summed E-state index contributed by atoms with van der Waals surface area (Å²) in [5.41, 5.74) is 0. The Morgan fingerprint density at radius 3 is 1.40 bits per heavy atom. The normalized spacial score (nSPS) is 14.6. The summed E-state index contributed by atoms with van der Waals surface area (Å²) in [6.07, 6.45) is 39.4. The molecule has 0 aliphatic rings. The lowest BCUT2D eigenvalue weighted by Gasteiger charge is -2.27. The highest BCUT2D eigenvalue weighted by Crippen LogP contribution is 2.16. The van der Waals surface area contributed by atoms with E-state index in [4.69, 9.17) is 0 Å². The van der Waals surface area contributed by atoms with E-state index in [1.807, 2.05) is 6.08 Å². The summed E-state index contributed by atoms with van der Waals surface area (Å²) in [7, 11) is 0. The van der Waals surface area contributed by atoms with Crippen molar-refractivity contribution in [3.05, 3.63) is 24.3 Å². The second kappa shape index (κ2) is 36.1. The summed E-state index contributed by atoms with van der Waals surface area (Å²) >= 11 is 0. The number of amides is 1. The molecule has 6 heteroatoms. The predicted molar refractivity (Wildman–Crippen MR) is 201 cm³/mol. The van der Waals surface area contributed by atoms with Gasteiger partial charge >= 0.3 is 0 Å². The van der Waals surface area contributed by atoms with Crippen LogP contribution in [-0.4, -0.2) is 57.3 Å². The second-order valence-electron chi connectivity index (χ2n) is 14.0. The average molecular weight is 666 g/mol. The molecule has 0 aliphatic carbocycles. The number of allylic oxidation sites excluding steroid dienone is 3. The van der Waals surface area contributed by atoms with Gasteiger partial charge in [0.2, 0.25) is 5.91 Å². The van der Waals surface area contributed by atoms with Gasteiger partial charge in [0.25, 0.3) is 0 Å². The Morgan fingerprint density at radius 1 is 0.553 bits per heavy atom. The van der Waals surface area contributed by atoms with Crippen molar-refractivity contribution < 1.29 is 25.2 Å². The number of carbonyl (C=O) groups excluding carboxylic acids is 1. The third-order valence-electron chi connectivity index (χ3n) is 9.43. The van der Waals surface area contributed by atoms with Gasteiger partial charge in [0, 0.05) is 6.42 Å². The molecule has 0 saturated carbocycles. The monoisotopic (exact) mass is 666 g/mol. The standard InChI is InChI=1S/C41H79NO5/c1-3-5-7-9-11-13-15-17-18-19-20-21-22-23-25-26-28-30-32-34-38(44)40(46)37(36-43)42-41(47)39(45)35-33-31-29-27-24-16-14-12-10-8-6-4-2/h24,27,31,33,37-40,43-46H,3-23,25-26,28-30,32,34-36H2,1-2H3,(H,42,47)/b27-24-,33-31-. The minimum atomic E-state index is -1.28. The number of nitrogens with one attached hydrogen (secondary N) is 1. The average Bonchev–Trinajstić information content (AvgIpc) is 3.07. The van der Waals surface area contributed by atoms with Crippen LogP contribution in [0.25, 0.3) is 0 Å². The fourth-order valence-electron chi connectivity index (χ4n) is 6.15. The molecule has 5 N–H and O–H groups in total. The molecule has 0 spiro atoms. The molecule has 0 rings (SSSR count). The van der Waals surface area contributed by atoms with Crippen LogP contribution in [0.5, 0.6) is 0 Å². The van der Waals surface area contributed by atoms with E-state index in [2.05, 4.69) is 31.3 Å². The highest BCUT2D eigenvalue weighted by Gasteiger charge is 2.28. The van der Waals surface area contributed by atoms with Crippen molar-refractivity contribution in [3.63, 3.8) is 0 Å². The zero-order valence-electron chi connectivity index (χ0n) is 31.0. The summed E-state index contributed by atoms with van der Waals surface area (Å²) < 4.78 is 0. The Kier molecular flexibility index (Phi) is 35.2. The maximum atomic E-state index is 12.4. The number of aliphatic hydroxyl groups is 4. The maximum Gasteiger partial charge on any atom is 0.249 e. The van der Waals surface area contributed by atoms with E-state index in [0.29, 0.717) is 6.42 Å². The van der Waals surface area contributed by atoms with Gasteiger partial charge in [0.1, 0.15) is 12.2 Å². The van der Waals surface area contributed by atoms with Crippen molar-refractivity contribution in [1.82, 2.24) is 5.32 Å². The fourth-order valence-corrected chi connectivity index (χ4v) is 6.15. The lowest BCUT2D eigenvalue weighted by molar-refractivity contribution is -0.132. The molecule has 0 aromatic rings. The van der Waals surface area contributed by atoms with Crippen LogP contribution in [0.2, 0.25) is 0 Å². The van der Waals surface area contributed by atoms with Crippen molar-refractivity contribution >= 4 is 5.91 Å². The number of rotatable bonds is 36. The van der Waals surface area contributed by atoms with Gasteiger partial charge in [-0.25, -0.2) is 0 Å². The van der Waals surface area contributed by atoms with Gasteiger partial charge in [-0.1, -0.05) is 192 Å². The minimum Gasteiger partial charge on any atom is -0.394 e. The lowest BCUT2D eigenvalue weighted by Crippen LogP contribution is -2.53. The van der Waals surface area contributed by atoms with E-state index in [9.17, 15) is 25.2 Å². The second-order valence-corrected chi connectivity index (χ2v) is 14.0. The molecule has 1 amide bonds. The van der Waals surface area contributed by atoms with Crippen molar-refractivity contribution in [2.45, 2.75) is 224 Å². The molecule has 6 nitrogen and oxygen atoms in total. The van der Waals surface area contributed by atoms with E-state index in [-0.39, 0.29) is 6.42 Å². The molecule has 0 aromatic heterocycles. The van der Waals surface area contributed by atoms with Crippen LogP contribution in [0.1, 0.15) is 200 Å². The third-order valence-corrected chi connectivity index (χ3v) is 9.43. The van der Waals surface area contributed by atoms with E-state index in [0.717, 1.165) is 32.1 Å². The van der Waals surface area contributed by atoms with E-state index in [1.165, 1.54) is 141 Å². The van der Waals surface area contributed by atoms with Crippen molar-refractivity contribution in [3.8, 4) is 0 Å². The fraction of sp³-hybridized carbons (Fsp3) is 0.878. The molecule has 0 radical (unpaired) electrons. The first-order valence-electron chi connectivity index (χ1n) is 20.2. The number of unbranched alkanes of at least 4 members (excludes halogenated alkanes) is 24. The number of carbonyl (C=O) groups is 1. The maximum absolute atomic E-state index is 12.4. The summed E-state index contributed by atoms with van der Waals surface area (Å²) in [5.74, 6) is -0.651. The van der Waals surface area contributed by atoms with Gasteiger partial charge in [-0.3, -0.25) is 4.79 Å². The molecular formula is C41H79NO5. The van der Waals surface area contributed by atoms with Gasteiger partial charge in [0.05, 0.1) is 18.8 Å². The molecule has 0 saturated heterocycles. The molecule has 0 heterocycles.